The summed E-state index contributed by atoms with van der Waals surface area (Å²) in [5, 5.41) is 10.8. The second-order valence-electron chi connectivity index (χ2n) is 4.37. The van der Waals surface area contributed by atoms with Crippen LogP contribution in [0.3, 0.4) is 0 Å². The van der Waals surface area contributed by atoms with Crippen molar-refractivity contribution >= 4 is 28.3 Å². The number of fused-ring (bicyclic) bond motifs is 1. The van der Waals surface area contributed by atoms with E-state index < -0.39 is 10.7 Å². The lowest BCUT2D eigenvalue weighted by Gasteiger charge is -2.02. The van der Waals surface area contributed by atoms with Gasteiger partial charge in [0.05, 0.1) is 22.2 Å². The Labute approximate surface area is 123 Å². The van der Waals surface area contributed by atoms with Crippen LogP contribution < -0.4 is 0 Å². The van der Waals surface area contributed by atoms with Gasteiger partial charge in [-0.15, -0.1) is 0 Å². The number of halogens is 2. The number of nitro groups is 1. The monoisotopic (exact) mass is 306 g/mol. The fourth-order valence-electron chi connectivity index (χ4n) is 2.15. The molecule has 2 heterocycles. The van der Waals surface area contributed by atoms with Gasteiger partial charge in [-0.2, -0.15) is 0 Å². The number of aryl methyl sites for hydroxylation is 1. The summed E-state index contributed by atoms with van der Waals surface area (Å²) in [6.07, 6.45) is 2.53. The fraction of sp³-hybridized carbons (Fsp3) is 0.0769. The maximum absolute atomic E-state index is 13.8. The van der Waals surface area contributed by atoms with Crippen LogP contribution in [0.4, 0.5) is 10.1 Å². The normalized spacial score (nSPS) is 11.0. The van der Waals surface area contributed by atoms with Gasteiger partial charge in [0.1, 0.15) is 16.4 Å². The molecule has 0 atom stereocenters. The van der Waals surface area contributed by atoms with Crippen LogP contribution in [0.5, 0.6) is 0 Å². The van der Waals surface area contributed by atoms with E-state index in [1.807, 2.05) is 0 Å². The van der Waals surface area contributed by atoms with Gasteiger partial charge >= 0.3 is 0 Å². The summed E-state index contributed by atoms with van der Waals surface area (Å²) in [6.45, 7) is 0. The van der Waals surface area contributed by atoms with Crippen molar-refractivity contribution in [3.63, 3.8) is 0 Å². The molecule has 0 radical (unpaired) electrons. The predicted molar refractivity (Wildman–Crippen MR) is 75.6 cm³/mol. The number of nitrogens with zero attached hydrogens (tertiary/aromatic N) is 4. The van der Waals surface area contributed by atoms with Gasteiger partial charge in [-0.25, -0.2) is 9.37 Å². The first kappa shape index (κ1) is 13.4. The molecule has 0 aliphatic heterocycles. The van der Waals surface area contributed by atoms with Crippen molar-refractivity contribution in [3.8, 4) is 11.4 Å². The Bertz CT molecular complexity index is 878. The highest BCUT2D eigenvalue weighted by molar-refractivity contribution is 6.37. The quantitative estimate of drug-likeness (QED) is 0.537. The average Bonchev–Trinajstić information content (AvgIpc) is 2.78. The predicted octanol–water partition coefficient (Wildman–Crippen LogP) is 3.34. The minimum atomic E-state index is -0.580. The Hall–Kier alpha value is -2.54. The van der Waals surface area contributed by atoms with E-state index in [-0.39, 0.29) is 21.8 Å². The van der Waals surface area contributed by atoms with E-state index >= 15 is 0 Å². The van der Waals surface area contributed by atoms with Crippen molar-refractivity contribution in [2.45, 2.75) is 0 Å². The molecule has 0 saturated heterocycles. The molecule has 21 heavy (non-hydrogen) atoms. The van der Waals surface area contributed by atoms with Gasteiger partial charge < -0.3 is 4.57 Å². The zero-order valence-electron chi connectivity index (χ0n) is 10.7. The Morgan fingerprint density at radius 3 is 2.81 bits per heavy atom. The standard InChI is InChI=1S/C13H8ClFN4O2/c1-18-10-3-2-9(19(20)21)11(14)12(10)17-13(18)7-4-5-16-6-8(7)15/h2-6H,1H3. The van der Waals surface area contributed by atoms with Gasteiger partial charge in [-0.1, -0.05) is 11.6 Å². The third-order valence-electron chi connectivity index (χ3n) is 3.18. The second kappa shape index (κ2) is 4.78. The number of benzene rings is 1. The smallest absolute Gasteiger partial charge is 0.290 e. The molecule has 0 unspecified atom stereocenters. The van der Waals surface area contributed by atoms with Crippen LogP contribution in [-0.2, 0) is 7.05 Å². The minimum Gasteiger partial charge on any atom is -0.327 e. The highest BCUT2D eigenvalue weighted by Crippen LogP contribution is 2.34. The third kappa shape index (κ3) is 2.02. The van der Waals surface area contributed by atoms with Crippen LogP contribution >= 0.6 is 11.6 Å². The Balaban J connectivity index is 2.32. The third-order valence-corrected chi connectivity index (χ3v) is 3.55. The molecule has 0 aliphatic carbocycles. The lowest BCUT2D eigenvalue weighted by Crippen LogP contribution is -1.95. The van der Waals surface area contributed by atoms with Crippen LogP contribution in [0.15, 0.2) is 30.6 Å². The molecule has 0 N–H and O–H groups in total. The molecule has 106 valence electrons. The summed E-state index contributed by atoms with van der Waals surface area (Å²) in [4.78, 5) is 18.2. The molecule has 0 bridgehead atoms. The summed E-state index contributed by atoms with van der Waals surface area (Å²) in [5.74, 6) is -0.200. The second-order valence-corrected chi connectivity index (χ2v) is 4.75. The number of hydrogen-bond donors (Lipinski definition) is 0. The fourth-order valence-corrected chi connectivity index (χ4v) is 2.43. The lowest BCUT2D eigenvalue weighted by atomic mass is 10.2. The molecule has 0 saturated carbocycles. The summed E-state index contributed by atoms with van der Waals surface area (Å²) in [7, 11) is 1.69. The van der Waals surface area contributed by atoms with E-state index in [0.717, 1.165) is 6.20 Å². The van der Waals surface area contributed by atoms with Crippen LogP contribution in [0.25, 0.3) is 22.4 Å². The molecule has 0 spiro atoms. The Kier molecular flexibility index (Phi) is 3.06. The number of nitro benzene ring substituents is 1. The largest absolute Gasteiger partial charge is 0.327 e. The molecule has 0 aliphatic rings. The maximum Gasteiger partial charge on any atom is 0.290 e. The molecule has 8 heteroatoms. The first-order chi connectivity index (χ1) is 10.0. The molecule has 2 aromatic heterocycles. The topological polar surface area (TPSA) is 73.8 Å². The van der Waals surface area contributed by atoms with Gasteiger partial charge in [-0.3, -0.25) is 15.1 Å². The zero-order valence-corrected chi connectivity index (χ0v) is 11.5. The molecule has 3 rings (SSSR count). The molecular formula is C13H8ClFN4O2. The number of hydrogen-bond acceptors (Lipinski definition) is 4. The van der Waals surface area contributed by atoms with Gasteiger partial charge in [0.2, 0.25) is 0 Å². The first-order valence-electron chi connectivity index (χ1n) is 5.90. The molecular weight excluding hydrogens is 299 g/mol. The van der Waals surface area contributed by atoms with Crippen LogP contribution in [0, 0.1) is 15.9 Å². The molecule has 6 nitrogen and oxygen atoms in total. The molecule has 3 aromatic rings. The summed E-state index contributed by atoms with van der Waals surface area (Å²) < 4.78 is 15.5. The zero-order chi connectivity index (χ0) is 15.1. The van der Waals surface area contributed by atoms with Gasteiger partial charge in [0.25, 0.3) is 5.69 Å². The van der Waals surface area contributed by atoms with Crippen LogP contribution in [-0.4, -0.2) is 19.5 Å². The highest BCUT2D eigenvalue weighted by Gasteiger charge is 2.21. The molecule has 1 aromatic carbocycles. The van der Waals surface area contributed by atoms with E-state index in [0.29, 0.717) is 11.3 Å². The molecule has 0 fully saturated rings. The SMILES string of the molecule is Cn1c(-c2ccncc2F)nc2c(Cl)c([N+](=O)[O-])ccc21. The van der Waals surface area contributed by atoms with Crippen molar-refractivity contribution in [3.05, 3.63) is 51.5 Å². The first-order valence-corrected chi connectivity index (χ1v) is 6.27. The van der Waals surface area contributed by atoms with Crippen molar-refractivity contribution in [1.82, 2.24) is 14.5 Å². The van der Waals surface area contributed by atoms with Crippen molar-refractivity contribution in [2.75, 3.05) is 0 Å². The van der Waals surface area contributed by atoms with Gasteiger partial charge in [0.15, 0.2) is 5.82 Å². The summed E-state index contributed by atoms with van der Waals surface area (Å²) in [5.41, 5.74) is 0.864. The molecule has 0 amide bonds. The van der Waals surface area contributed by atoms with Crippen molar-refractivity contribution in [2.24, 2.45) is 7.05 Å². The number of rotatable bonds is 2. The summed E-state index contributed by atoms with van der Waals surface area (Å²) >= 11 is 6.03. The average molecular weight is 307 g/mol. The van der Waals surface area contributed by atoms with Gasteiger partial charge in [-0.05, 0) is 12.1 Å². The Morgan fingerprint density at radius 2 is 2.14 bits per heavy atom. The Morgan fingerprint density at radius 1 is 1.38 bits per heavy atom. The van der Waals surface area contributed by atoms with E-state index in [1.165, 1.54) is 24.4 Å². The van der Waals surface area contributed by atoms with Crippen LogP contribution in [0.2, 0.25) is 5.02 Å². The number of imidazole rings is 1. The van der Waals surface area contributed by atoms with Crippen molar-refractivity contribution in [1.29, 1.82) is 0 Å². The van der Waals surface area contributed by atoms with Gasteiger partial charge in [0, 0.05) is 19.3 Å². The van der Waals surface area contributed by atoms with E-state index in [4.69, 9.17) is 11.6 Å². The maximum atomic E-state index is 13.8. The van der Waals surface area contributed by atoms with E-state index in [9.17, 15) is 14.5 Å². The highest BCUT2D eigenvalue weighted by atomic mass is 35.5. The van der Waals surface area contributed by atoms with Crippen LogP contribution in [0.1, 0.15) is 0 Å². The van der Waals surface area contributed by atoms with Crippen molar-refractivity contribution < 1.29 is 9.31 Å². The summed E-state index contributed by atoms with van der Waals surface area (Å²) in [6, 6.07) is 4.33. The number of pyridine rings is 1. The van der Waals surface area contributed by atoms with E-state index in [2.05, 4.69) is 9.97 Å². The van der Waals surface area contributed by atoms with E-state index in [1.54, 1.807) is 11.6 Å². The minimum absolute atomic E-state index is 0.0613. The lowest BCUT2D eigenvalue weighted by molar-refractivity contribution is -0.384. The number of aromatic nitrogens is 3.